The zero-order chi connectivity index (χ0) is 15.9. The first-order chi connectivity index (χ1) is 10.4. The van der Waals surface area contributed by atoms with E-state index in [1.807, 2.05) is 13.8 Å². The van der Waals surface area contributed by atoms with Crippen LogP contribution in [-0.2, 0) is 9.53 Å². The molecule has 3 N–H and O–H groups in total. The third-order valence-electron chi connectivity index (χ3n) is 5.38. The summed E-state index contributed by atoms with van der Waals surface area (Å²) >= 11 is 0. The number of hydrogen-bond acceptors (Lipinski definition) is 3. The third-order valence-corrected chi connectivity index (χ3v) is 5.38. The minimum absolute atomic E-state index is 0.308. The third kappa shape index (κ3) is 2.69. The van der Waals surface area contributed by atoms with Crippen LogP contribution in [0.15, 0.2) is 4.99 Å². The molecule has 0 aromatic heterocycles. The van der Waals surface area contributed by atoms with Crippen LogP contribution in [0.3, 0.4) is 0 Å². The first-order valence-electron chi connectivity index (χ1n) is 8.41. The number of hydrogen-bond donors (Lipinski definition) is 2. The number of nitrogens with zero attached hydrogens (tertiary/aromatic N) is 2. The van der Waals surface area contributed by atoms with E-state index in [4.69, 9.17) is 10.5 Å². The molecule has 0 aromatic carbocycles. The maximum atomic E-state index is 11.5. The highest BCUT2D eigenvalue weighted by atomic mass is 16.5. The highest BCUT2D eigenvalue weighted by Gasteiger charge is 2.53. The zero-order valence-corrected chi connectivity index (χ0v) is 13.8. The molecular formula is C16H28N4O2. The SMILES string of the molecule is CCNC(=NCC(C)(C)C(N)=O)N1CC2C3CCC(O3)C2C1. The van der Waals surface area contributed by atoms with Crippen molar-refractivity contribution in [1.29, 1.82) is 0 Å². The minimum atomic E-state index is -0.613. The van der Waals surface area contributed by atoms with E-state index in [1.165, 1.54) is 12.8 Å². The molecule has 4 unspecified atom stereocenters. The van der Waals surface area contributed by atoms with Crippen molar-refractivity contribution in [1.82, 2.24) is 10.2 Å². The molecule has 22 heavy (non-hydrogen) atoms. The summed E-state index contributed by atoms with van der Waals surface area (Å²) in [6, 6.07) is 0. The van der Waals surface area contributed by atoms with Crippen molar-refractivity contribution in [2.75, 3.05) is 26.2 Å². The lowest BCUT2D eigenvalue weighted by molar-refractivity contribution is -0.125. The van der Waals surface area contributed by atoms with Gasteiger partial charge in [0.05, 0.1) is 24.2 Å². The summed E-state index contributed by atoms with van der Waals surface area (Å²) in [4.78, 5) is 18.5. The largest absolute Gasteiger partial charge is 0.374 e. The van der Waals surface area contributed by atoms with Gasteiger partial charge in [-0.2, -0.15) is 0 Å². The first kappa shape index (κ1) is 15.6. The molecule has 124 valence electrons. The van der Waals surface area contributed by atoms with Crippen LogP contribution < -0.4 is 11.1 Å². The van der Waals surface area contributed by atoms with Gasteiger partial charge in [-0.05, 0) is 33.6 Å². The molecule has 3 fully saturated rings. The highest BCUT2D eigenvalue weighted by molar-refractivity contribution is 5.83. The fourth-order valence-corrected chi connectivity index (χ4v) is 3.91. The van der Waals surface area contributed by atoms with Crippen LogP contribution in [0, 0.1) is 17.3 Å². The maximum absolute atomic E-state index is 11.5. The van der Waals surface area contributed by atoms with E-state index in [0.29, 0.717) is 30.6 Å². The number of fused-ring (bicyclic) bond motifs is 5. The Kier molecular flexibility index (Phi) is 4.05. The first-order valence-corrected chi connectivity index (χ1v) is 8.41. The van der Waals surface area contributed by atoms with Gasteiger partial charge in [-0.1, -0.05) is 0 Å². The normalized spacial score (nSPS) is 34.1. The van der Waals surface area contributed by atoms with Crippen LogP contribution in [0.25, 0.3) is 0 Å². The van der Waals surface area contributed by atoms with E-state index < -0.39 is 5.41 Å². The summed E-state index contributed by atoms with van der Waals surface area (Å²) < 4.78 is 6.02. The zero-order valence-electron chi connectivity index (χ0n) is 13.8. The molecule has 3 rings (SSSR count). The molecule has 1 amide bonds. The molecule has 0 saturated carbocycles. The molecule has 3 heterocycles. The van der Waals surface area contributed by atoms with Gasteiger partial charge in [0.25, 0.3) is 0 Å². The van der Waals surface area contributed by atoms with E-state index in [1.54, 1.807) is 0 Å². The Labute approximate surface area is 132 Å². The summed E-state index contributed by atoms with van der Waals surface area (Å²) in [6.45, 7) is 9.01. The lowest BCUT2D eigenvalue weighted by atomic mass is 9.82. The Morgan fingerprint density at radius 1 is 1.32 bits per heavy atom. The number of guanidine groups is 1. The number of aliphatic imine (C=N–C) groups is 1. The molecule has 6 nitrogen and oxygen atoms in total. The molecule has 0 aromatic rings. The van der Waals surface area contributed by atoms with Crippen LogP contribution in [0.5, 0.6) is 0 Å². The smallest absolute Gasteiger partial charge is 0.224 e. The number of rotatable bonds is 4. The molecule has 4 atom stereocenters. The highest BCUT2D eigenvalue weighted by Crippen LogP contribution is 2.47. The average Bonchev–Trinajstić information content (AvgIpc) is 3.14. The topological polar surface area (TPSA) is 79.9 Å². The van der Waals surface area contributed by atoms with E-state index in [9.17, 15) is 4.79 Å². The number of carbonyl (C=O) groups excluding carboxylic acids is 1. The van der Waals surface area contributed by atoms with E-state index in [0.717, 1.165) is 25.6 Å². The molecule has 0 aliphatic carbocycles. The predicted octanol–water partition coefficient (Wildman–Crippen LogP) is 0.573. The summed E-state index contributed by atoms with van der Waals surface area (Å²) in [5.41, 5.74) is 4.83. The second-order valence-electron chi connectivity index (χ2n) is 7.44. The van der Waals surface area contributed by atoms with Crippen molar-refractivity contribution in [2.24, 2.45) is 28.0 Å². The van der Waals surface area contributed by atoms with Gasteiger partial charge in [0.1, 0.15) is 0 Å². The quantitative estimate of drug-likeness (QED) is 0.588. The number of likely N-dealkylation sites (tertiary alicyclic amines) is 1. The van der Waals surface area contributed by atoms with Crippen LogP contribution in [0.1, 0.15) is 33.6 Å². The Morgan fingerprint density at radius 3 is 2.41 bits per heavy atom. The van der Waals surface area contributed by atoms with Gasteiger partial charge in [-0.25, -0.2) is 0 Å². The van der Waals surface area contributed by atoms with Crippen LogP contribution in [0.4, 0.5) is 0 Å². The van der Waals surface area contributed by atoms with Gasteiger partial charge in [0.2, 0.25) is 5.91 Å². The fraction of sp³-hybridized carbons (Fsp3) is 0.875. The number of ether oxygens (including phenoxy) is 1. The van der Waals surface area contributed by atoms with E-state index in [2.05, 4.69) is 22.1 Å². The van der Waals surface area contributed by atoms with Crippen LogP contribution in [-0.4, -0.2) is 55.2 Å². The molecule has 0 spiro atoms. The molecule has 3 saturated heterocycles. The molecule has 0 radical (unpaired) electrons. The Morgan fingerprint density at radius 2 is 1.91 bits per heavy atom. The molecule has 3 aliphatic rings. The van der Waals surface area contributed by atoms with E-state index >= 15 is 0 Å². The van der Waals surface area contributed by atoms with Crippen molar-refractivity contribution in [3.8, 4) is 0 Å². The lowest BCUT2D eigenvalue weighted by Crippen LogP contribution is -2.43. The number of primary amides is 1. The van der Waals surface area contributed by atoms with Crippen molar-refractivity contribution in [3.63, 3.8) is 0 Å². The number of carbonyl (C=O) groups is 1. The molecular weight excluding hydrogens is 280 g/mol. The predicted molar refractivity (Wildman–Crippen MR) is 85.4 cm³/mol. The maximum Gasteiger partial charge on any atom is 0.224 e. The van der Waals surface area contributed by atoms with E-state index in [-0.39, 0.29) is 5.91 Å². The van der Waals surface area contributed by atoms with Crippen molar-refractivity contribution >= 4 is 11.9 Å². The second-order valence-corrected chi connectivity index (χ2v) is 7.44. The number of nitrogens with two attached hydrogens (primary N) is 1. The number of nitrogens with one attached hydrogen (secondary N) is 1. The second kappa shape index (κ2) is 5.72. The van der Waals surface area contributed by atoms with Gasteiger partial charge in [-0.15, -0.1) is 0 Å². The average molecular weight is 308 g/mol. The Balaban J connectivity index is 1.68. The van der Waals surface area contributed by atoms with Gasteiger partial charge < -0.3 is 20.7 Å². The molecule has 3 aliphatic heterocycles. The van der Waals surface area contributed by atoms with Gasteiger partial charge in [0.15, 0.2) is 5.96 Å². The molecule has 2 bridgehead atoms. The van der Waals surface area contributed by atoms with Crippen LogP contribution in [0.2, 0.25) is 0 Å². The Hall–Kier alpha value is -1.30. The summed E-state index contributed by atoms with van der Waals surface area (Å²) in [6.07, 6.45) is 3.32. The lowest BCUT2D eigenvalue weighted by Gasteiger charge is -2.25. The summed E-state index contributed by atoms with van der Waals surface area (Å²) in [7, 11) is 0. The van der Waals surface area contributed by atoms with Gasteiger partial charge in [-0.3, -0.25) is 9.79 Å². The number of amides is 1. The summed E-state index contributed by atoms with van der Waals surface area (Å²) in [5.74, 6) is 1.89. The van der Waals surface area contributed by atoms with Gasteiger partial charge >= 0.3 is 0 Å². The van der Waals surface area contributed by atoms with Crippen LogP contribution >= 0.6 is 0 Å². The van der Waals surface area contributed by atoms with Gasteiger partial charge in [0, 0.05) is 31.5 Å². The van der Waals surface area contributed by atoms with Crippen molar-refractivity contribution < 1.29 is 9.53 Å². The Bertz CT molecular complexity index is 459. The fourth-order valence-electron chi connectivity index (χ4n) is 3.91. The van der Waals surface area contributed by atoms with Crippen molar-refractivity contribution in [2.45, 2.75) is 45.8 Å². The standard InChI is InChI=1S/C16H28N4O2/c1-4-18-15(19-9-16(2,3)14(17)21)20-7-10-11(8-20)13-6-5-12(10)22-13/h10-13H,4-9H2,1-3H3,(H2,17,21)(H,18,19). The van der Waals surface area contributed by atoms with Crippen molar-refractivity contribution in [3.05, 3.63) is 0 Å². The summed E-state index contributed by atoms with van der Waals surface area (Å²) in [5, 5.41) is 3.36. The monoisotopic (exact) mass is 308 g/mol. The minimum Gasteiger partial charge on any atom is -0.374 e. The molecule has 6 heteroatoms.